The van der Waals surface area contributed by atoms with Gasteiger partial charge >= 0.3 is 5.97 Å². The lowest BCUT2D eigenvalue weighted by Gasteiger charge is -2.01. The van der Waals surface area contributed by atoms with Crippen molar-refractivity contribution in [2.24, 2.45) is 0 Å². The van der Waals surface area contributed by atoms with Crippen molar-refractivity contribution >= 4 is 18.0 Å². The Kier molecular flexibility index (Phi) is 7.87. The minimum absolute atomic E-state index is 0.0939. The van der Waals surface area contributed by atoms with Crippen LogP contribution in [-0.4, -0.2) is 25.5 Å². The van der Waals surface area contributed by atoms with Gasteiger partial charge in [0.1, 0.15) is 0 Å². The number of unbranched alkanes of at least 4 members (excludes halogenated alkanes) is 3. The Bertz CT molecular complexity index is 477. The fourth-order valence-corrected chi connectivity index (χ4v) is 1.84. The maximum atomic E-state index is 11.6. The Hall–Kier alpha value is -2.10. The highest BCUT2D eigenvalue weighted by Crippen LogP contribution is 2.07. The van der Waals surface area contributed by atoms with Gasteiger partial charge in [0.15, 0.2) is 0 Å². The second-order valence-electron chi connectivity index (χ2n) is 4.80. The summed E-state index contributed by atoms with van der Waals surface area (Å²) < 4.78 is 4.63. The molecule has 0 unspecified atom stereocenters. The van der Waals surface area contributed by atoms with Crippen LogP contribution in [-0.2, 0) is 9.53 Å². The van der Waals surface area contributed by atoms with E-state index >= 15 is 0 Å². The lowest BCUT2D eigenvalue weighted by molar-refractivity contribution is -0.116. The highest BCUT2D eigenvalue weighted by molar-refractivity contribution is 5.92. The van der Waals surface area contributed by atoms with Crippen LogP contribution in [0.4, 0.5) is 0 Å². The number of methoxy groups -OCH3 is 1. The molecule has 4 heteroatoms. The Labute approximate surface area is 126 Å². The van der Waals surface area contributed by atoms with Crippen molar-refractivity contribution in [2.45, 2.75) is 32.6 Å². The molecule has 0 atom stereocenters. The molecule has 0 radical (unpaired) electrons. The third-order valence-electron chi connectivity index (χ3n) is 3.09. The molecule has 21 heavy (non-hydrogen) atoms. The average Bonchev–Trinajstić information content (AvgIpc) is 2.52. The molecule has 1 aromatic carbocycles. The Morgan fingerprint density at radius 3 is 2.48 bits per heavy atom. The number of esters is 1. The Balaban J connectivity index is 2.38. The molecule has 4 nitrogen and oxygen atoms in total. The first-order chi connectivity index (χ1) is 10.2. The minimum atomic E-state index is -0.365. The predicted octanol–water partition coefficient (Wildman–Crippen LogP) is 3.18. The molecule has 1 rings (SSSR count). The third kappa shape index (κ3) is 6.75. The lowest BCUT2D eigenvalue weighted by Crippen LogP contribution is -2.21. The molecule has 0 saturated carbocycles. The highest BCUT2D eigenvalue weighted by Gasteiger charge is 2.03. The van der Waals surface area contributed by atoms with Crippen molar-refractivity contribution < 1.29 is 14.3 Å². The molecule has 0 aliphatic rings. The van der Waals surface area contributed by atoms with E-state index in [-0.39, 0.29) is 11.9 Å². The number of rotatable bonds is 8. The zero-order valence-electron chi connectivity index (χ0n) is 12.7. The van der Waals surface area contributed by atoms with Crippen molar-refractivity contribution in [1.29, 1.82) is 0 Å². The van der Waals surface area contributed by atoms with E-state index in [1.54, 1.807) is 30.3 Å². The van der Waals surface area contributed by atoms with Gasteiger partial charge in [-0.25, -0.2) is 4.79 Å². The maximum Gasteiger partial charge on any atom is 0.337 e. The summed E-state index contributed by atoms with van der Waals surface area (Å²) in [4.78, 5) is 22.9. The molecule has 1 amide bonds. The molecule has 0 fully saturated rings. The van der Waals surface area contributed by atoms with E-state index in [0.717, 1.165) is 18.4 Å². The van der Waals surface area contributed by atoms with Crippen LogP contribution < -0.4 is 5.32 Å². The van der Waals surface area contributed by atoms with Crippen molar-refractivity contribution in [3.8, 4) is 0 Å². The number of amides is 1. The molecule has 0 aliphatic carbocycles. The average molecular weight is 289 g/mol. The van der Waals surface area contributed by atoms with Gasteiger partial charge in [0.2, 0.25) is 5.91 Å². The second-order valence-corrected chi connectivity index (χ2v) is 4.80. The van der Waals surface area contributed by atoms with Crippen LogP contribution >= 0.6 is 0 Å². The third-order valence-corrected chi connectivity index (χ3v) is 3.09. The van der Waals surface area contributed by atoms with E-state index in [0.29, 0.717) is 12.1 Å². The second kappa shape index (κ2) is 9.75. The molecule has 0 heterocycles. The van der Waals surface area contributed by atoms with Gasteiger partial charge in [0, 0.05) is 12.6 Å². The molecule has 0 aliphatic heterocycles. The van der Waals surface area contributed by atoms with Crippen molar-refractivity contribution in [2.75, 3.05) is 13.7 Å². The quantitative estimate of drug-likeness (QED) is 0.454. The molecular weight excluding hydrogens is 266 g/mol. The van der Waals surface area contributed by atoms with E-state index in [2.05, 4.69) is 17.0 Å². The smallest absolute Gasteiger partial charge is 0.337 e. The number of hydrogen-bond donors (Lipinski definition) is 1. The normalized spacial score (nSPS) is 10.6. The molecule has 0 bridgehead atoms. The lowest BCUT2D eigenvalue weighted by atomic mass is 10.1. The van der Waals surface area contributed by atoms with Crippen molar-refractivity contribution in [3.05, 3.63) is 41.5 Å². The molecule has 114 valence electrons. The van der Waals surface area contributed by atoms with Gasteiger partial charge < -0.3 is 10.1 Å². The van der Waals surface area contributed by atoms with Gasteiger partial charge in [0.05, 0.1) is 12.7 Å². The summed E-state index contributed by atoms with van der Waals surface area (Å²) in [5.74, 6) is -0.459. The van der Waals surface area contributed by atoms with Crippen LogP contribution in [0.5, 0.6) is 0 Å². The number of carbonyl (C=O) groups excluding carboxylic acids is 2. The summed E-state index contributed by atoms with van der Waals surface area (Å²) in [5.41, 5.74) is 1.36. The Morgan fingerprint density at radius 1 is 1.14 bits per heavy atom. The number of nitrogens with one attached hydrogen (secondary N) is 1. The minimum Gasteiger partial charge on any atom is -0.465 e. The van der Waals surface area contributed by atoms with E-state index in [1.165, 1.54) is 26.0 Å². The van der Waals surface area contributed by atoms with Crippen LogP contribution in [0, 0.1) is 0 Å². The fourth-order valence-electron chi connectivity index (χ4n) is 1.84. The van der Waals surface area contributed by atoms with Crippen LogP contribution in [0.15, 0.2) is 30.3 Å². The standard InChI is InChI=1S/C17H23NO3/c1-3-4-5-6-13-18-16(19)12-9-14-7-10-15(11-8-14)17(20)21-2/h7-12H,3-6,13H2,1-2H3,(H,18,19)/b12-9+. The predicted molar refractivity (Wildman–Crippen MR) is 84.0 cm³/mol. The van der Waals surface area contributed by atoms with E-state index < -0.39 is 0 Å². The number of benzene rings is 1. The van der Waals surface area contributed by atoms with Gasteiger partial charge in [-0.05, 0) is 30.2 Å². The summed E-state index contributed by atoms with van der Waals surface area (Å²) in [6.45, 7) is 2.87. The first kappa shape index (κ1) is 17.0. The van der Waals surface area contributed by atoms with Crippen LogP contribution in [0.2, 0.25) is 0 Å². The van der Waals surface area contributed by atoms with E-state index in [1.807, 2.05) is 0 Å². The monoisotopic (exact) mass is 289 g/mol. The molecular formula is C17H23NO3. The molecule has 0 aromatic heterocycles. The Morgan fingerprint density at radius 2 is 1.86 bits per heavy atom. The maximum absolute atomic E-state index is 11.6. The first-order valence-corrected chi connectivity index (χ1v) is 7.31. The van der Waals surface area contributed by atoms with Gasteiger partial charge in [-0.3, -0.25) is 4.79 Å². The number of ether oxygens (including phenoxy) is 1. The van der Waals surface area contributed by atoms with Gasteiger partial charge in [-0.1, -0.05) is 38.3 Å². The van der Waals surface area contributed by atoms with Crippen LogP contribution in [0.1, 0.15) is 48.5 Å². The van der Waals surface area contributed by atoms with Crippen LogP contribution in [0.25, 0.3) is 6.08 Å². The summed E-state index contributed by atoms with van der Waals surface area (Å²) in [5, 5.41) is 2.85. The molecule has 0 spiro atoms. The SMILES string of the molecule is CCCCCCNC(=O)/C=C/c1ccc(C(=O)OC)cc1. The zero-order chi connectivity index (χ0) is 15.5. The molecule has 1 aromatic rings. The van der Waals surface area contributed by atoms with E-state index in [9.17, 15) is 9.59 Å². The summed E-state index contributed by atoms with van der Waals surface area (Å²) in [7, 11) is 1.35. The van der Waals surface area contributed by atoms with Gasteiger partial charge in [0.25, 0.3) is 0 Å². The summed E-state index contributed by atoms with van der Waals surface area (Å²) >= 11 is 0. The molecule has 1 N–H and O–H groups in total. The van der Waals surface area contributed by atoms with Crippen LogP contribution in [0.3, 0.4) is 0 Å². The van der Waals surface area contributed by atoms with Crippen molar-refractivity contribution in [3.63, 3.8) is 0 Å². The largest absolute Gasteiger partial charge is 0.465 e. The molecule has 0 saturated heterocycles. The summed E-state index contributed by atoms with van der Waals surface area (Å²) in [6, 6.07) is 6.90. The topological polar surface area (TPSA) is 55.4 Å². The highest BCUT2D eigenvalue weighted by atomic mass is 16.5. The van der Waals surface area contributed by atoms with Gasteiger partial charge in [-0.2, -0.15) is 0 Å². The first-order valence-electron chi connectivity index (χ1n) is 7.31. The number of carbonyl (C=O) groups is 2. The zero-order valence-corrected chi connectivity index (χ0v) is 12.7. The van der Waals surface area contributed by atoms with Crippen molar-refractivity contribution in [1.82, 2.24) is 5.32 Å². The van der Waals surface area contributed by atoms with E-state index in [4.69, 9.17) is 0 Å². The van der Waals surface area contributed by atoms with Gasteiger partial charge in [-0.15, -0.1) is 0 Å². The summed E-state index contributed by atoms with van der Waals surface area (Å²) in [6.07, 6.45) is 7.79. The number of hydrogen-bond acceptors (Lipinski definition) is 3. The fraction of sp³-hybridized carbons (Fsp3) is 0.412.